The number of hydrogen-bond donors (Lipinski definition) is 1. The Morgan fingerprint density at radius 2 is 2.14 bits per heavy atom. The standard InChI is InChI=1S/C10H12BrNOS/c11-9-2-1-8(14-9)10(13)7-3-5-12-6-4-7/h1-2,7,12H,3-6H2. The molecule has 2 nitrogen and oxygen atoms in total. The zero-order chi connectivity index (χ0) is 9.97. The van der Waals surface area contributed by atoms with Gasteiger partial charge in [0.2, 0.25) is 0 Å². The summed E-state index contributed by atoms with van der Waals surface area (Å²) >= 11 is 4.91. The Balaban J connectivity index is 2.07. The van der Waals surface area contributed by atoms with Crippen molar-refractivity contribution in [3.05, 3.63) is 20.8 Å². The van der Waals surface area contributed by atoms with Crippen molar-refractivity contribution in [3.63, 3.8) is 0 Å². The number of hydrogen-bond acceptors (Lipinski definition) is 3. The first-order valence-corrected chi connectivity index (χ1v) is 6.38. The van der Waals surface area contributed by atoms with Crippen LogP contribution in [0.15, 0.2) is 15.9 Å². The molecule has 0 atom stereocenters. The van der Waals surface area contributed by atoms with Gasteiger partial charge in [-0.2, -0.15) is 0 Å². The fourth-order valence-electron chi connectivity index (χ4n) is 1.73. The molecule has 0 spiro atoms. The van der Waals surface area contributed by atoms with Crippen LogP contribution in [0.2, 0.25) is 0 Å². The van der Waals surface area contributed by atoms with E-state index in [1.807, 2.05) is 12.1 Å². The van der Waals surface area contributed by atoms with Crippen molar-refractivity contribution in [2.24, 2.45) is 5.92 Å². The van der Waals surface area contributed by atoms with Crippen molar-refractivity contribution >= 4 is 33.0 Å². The van der Waals surface area contributed by atoms with Gasteiger partial charge in [-0.1, -0.05) is 0 Å². The zero-order valence-electron chi connectivity index (χ0n) is 7.75. The molecule has 0 aliphatic carbocycles. The van der Waals surface area contributed by atoms with E-state index in [0.717, 1.165) is 34.6 Å². The lowest BCUT2D eigenvalue weighted by molar-refractivity contribution is 0.0899. The molecule has 0 bridgehead atoms. The van der Waals surface area contributed by atoms with Crippen molar-refractivity contribution in [1.82, 2.24) is 5.32 Å². The van der Waals surface area contributed by atoms with Crippen LogP contribution in [-0.4, -0.2) is 18.9 Å². The summed E-state index contributed by atoms with van der Waals surface area (Å²) in [4.78, 5) is 12.9. The maximum atomic E-state index is 12.0. The smallest absolute Gasteiger partial charge is 0.175 e. The predicted octanol–water partition coefficient (Wildman–Crippen LogP) is 2.69. The molecule has 2 heterocycles. The number of ketones is 1. The minimum atomic E-state index is 0.238. The SMILES string of the molecule is O=C(c1ccc(Br)s1)C1CCNCC1. The number of piperidine rings is 1. The maximum Gasteiger partial charge on any atom is 0.175 e. The topological polar surface area (TPSA) is 29.1 Å². The molecular weight excluding hydrogens is 262 g/mol. The molecule has 1 aliphatic heterocycles. The van der Waals surface area contributed by atoms with Gasteiger partial charge < -0.3 is 5.32 Å². The summed E-state index contributed by atoms with van der Waals surface area (Å²) in [7, 11) is 0. The predicted molar refractivity (Wildman–Crippen MR) is 61.9 cm³/mol. The lowest BCUT2D eigenvalue weighted by Crippen LogP contribution is -2.31. The zero-order valence-corrected chi connectivity index (χ0v) is 10.2. The number of rotatable bonds is 2. The minimum Gasteiger partial charge on any atom is -0.317 e. The van der Waals surface area contributed by atoms with Crippen LogP contribution >= 0.6 is 27.3 Å². The highest BCUT2D eigenvalue weighted by molar-refractivity contribution is 9.11. The van der Waals surface area contributed by atoms with Crippen LogP contribution in [0, 0.1) is 5.92 Å². The second kappa shape index (κ2) is 4.55. The third-order valence-corrected chi connectivity index (χ3v) is 4.16. The van der Waals surface area contributed by atoms with Crippen molar-refractivity contribution < 1.29 is 4.79 Å². The molecule has 1 fully saturated rings. The van der Waals surface area contributed by atoms with E-state index in [2.05, 4.69) is 21.2 Å². The van der Waals surface area contributed by atoms with Crippen molar-refractivity contribution in [2.45, 2.75) is 12.8 Å². The molecule has 76 valence electrons. The van der Waals surface area contributed by atoms with Crippen LogP contribution in [0.5, 0.6) is 0 Å². The summed E-state index contributed by atoms with van der Waals surface area (Å²) < 4.78 is 1.04. The van der Waals surface area contributed by atoms with Crippen LogP contribution < -0.4 is 5.32 Å². The van der Waals surface area contributed by atoms with Crippen molar-refractivity contribution in [3.8, 4) is 0 Å². The molecule has 0 radical (unpaired) electrons. The van der Waals surface area contributed by atoms with Crippen molar-refractivity contribution in [2.75, 3.05) is 13.1 Å². The molecule has 0 aromatic carbocycles. The summed E-state index contributed by atoms with van der Waals surface area (Å²) in [6, 6.07) is 3.86. The molecule has 0 unspecified atom stereocenters. The summed E-state index contributed by atoms with van der Waals surface area (Å²) in [5.74, 6) is 0.559. The quantitative estimate of drug-likeness (QED) is 0.840. The number of nitrogens with one attached hydrogen (secondary N) is 1. The molecule has 1 aromatic heterocycles. The third-order valence-electron chi connectivity index (χ3n) is 2.53. The van der Waals surface area contributed by atoms with Crippen LogP contribution in [-0.2, 0) is 0 Å². The van der Waals surface area contributed by atoms with Gasteiger partial charge in [-0.25, -0.2) is 0 Å². The summed E-state index contributed by atoms with van der Waals surface area (Å²) in [5, 5.41) is 3.27. The normalized spacial score (nSPS) is 18.4. The van der Waals surface area contributed by atoms with Gasteiger partial charge in [0.1, 0.15) is 0 Å². The number of carbonyl (C=O) groups is 1. The summed E-state index contributed by atoms with van der Waals surface area (Å²) in [6.07, 6.45) is 1.96. The summed E-state index contributed by atoms with van der Waals surface area (Å²) in [5.41, 5.74) is 0. The lowest BCUT2D eigenvalue weighted by atomic mass is 9.93. The number of halogens is 1. The fourth-order valence-corrected chi connectivity index (χ4v) is 3.14. The number of carbonyl (C=O) groups excluding carboxylic acids is 1. The first kappa shape index (κ1) is 10.3. The van der Waals surface area contributed by atoms with Gasteiger partial charge >= 0.3 is 0 Å². The lowest BCUT2D eigenvalue weighted by Gasteiger charge is -2.20. The van der Waals surface area contributed by atoms with Gasteiger partial charge in [-0.05, 0) is 54.0 Å². The van der Waals surface area contributed by atoms with Crippen LogP contribution in [0.4, 0.5) is 0 Å². The van der Waals surface area contributed by atoms with E-state index in [1.54, 1.807) is 0 Å². The highest BCUT2D eigenvalue weighted by Crippen LogP contribution is 2.26. The largest absolute Gasteiger partial charge is 0.317 e. The highest BCUT2D eigenvalue weighted by Gasteiger charge is 2.22. The van der Waals surface area contributed by atoms with Gasteiger partial charge in [0, 0.05) is 5.92 Å². The molecule has 2 rings (SSSR count). The molecule has 0 amide bonds. The van der Waals surface area contributed by atoms with E-state index in [9.17, 15) is 4.79 Å². The second-order valence-corrected chi connectivity index (χ2v) is 5.96. The fraction of sp³-hybridized carbons (Fsp3) is 0.500. The Hall–Kier alpha value is -0.190. The molecular formula is C10H12BrNOS. The average molecular weight is 274 g/mol. The van der Waals surface area contributed by atoms with E-state index >= 15 is 0 Å². The molecule has 1 saturated heterocycles. The third kappa shape index (κ3) is 2.24. The van der Waals surface area contributed by atoms with Crippen molar-refractivity contribution in [1.29, 1.82) is 0 Å². The van der Waals surface area contributed by atoms with E-state index < -0.39 is 0 Å². The molecule has 1 aliphatic rings. The summed E-state index contributed by atoms with van der Waals surface area (Å²) in [6.45, 7) is 1.95. The van der Waals surface area contributed by atoms with Crippen LogP contribution in [0.25, 0.3) is 0 Å². The van der Waals surface area contributed by atoms with Crippen LogP contribution in [0.3, 0.4) is 0 Å². The van der Waals surface area contributed by atoms with E-state index in [-0.39, 0.29) is 5.92 Å². The van der Waals surface area contributed by atoms with Gasteiger partial charge in [0.05, 0.1) is 8.66 Å². The number of thiophene rings is 1. The first-order valence-electron chi connectivity index (χ1n) is 4.77. The Morgan fingerprint density at radius 3 is 2.71 bits per heavy atom. The average Bonchev–Trinajstić information content (AvgIpc) is 2.65. The van der Waals surface area contributed by atoms with E-state index in [0.29, 0.717) is 5.78 Å². The highest BCUT2D eigenvalue weighted by atomic mass is 79.9. The Labute approximate surface area is 95.8 Å². The minimum absolute atomic E-state index is 0.238. The van der Waals surface area contributed by atoms with Gasteiger partial charge in [0.25, 0.3) is 0 Å². The number of Topliss-reactive ketones (excluding diaryl/α,β-unsaturated/α-hetero) is 1. The second-order valence-electron chi connectivity index (χ2n) is 3.49. The Morgan fingerprint density at radius 1 is 1.43 bits per heavy atom. The van der Waals surface area contributed by atoms with Gasteiger partial charge in [-0.15, -0.1) is 11.3 Å². The Kier molecular flexibility index (Phi) is 3.36. The molecule has 1 N–H and O–H groups in total. The first-order chi connectivity index (χ1) is 6.77. The van der Waals surface area contributed by atoms with Gasteiger partial charge in [0.15, 0.2) is 5.78 Å². The molecule has 14 heavy (non-hydrogen) atoms. The monoisotopic (exact) mass is 273 g/mol. The van der Waals surface area contributed by atoms with E-state index in [4.69, 9.17) is 0 Å². The van der Waals surface area contributed by atoms with E-state index in [1.165, 1.54) is 11.3 Å². The molecule has 1 aromatic rings. The molecule has 0 saturated carbocycles. The Bertz CT molecular complexity index is 331. The maximum absolute atomic E-state index is 12.0. The van der Waals surface area contributed by atoms with Gasteiger partial charge in [-0.3, -0.25) is 4.79 Å². The molecule has 4 heteroatoms. The van der Waals surface area contributed by atoms with Crippen LogP contribution in [0.1, 0.15) is 22.5 Å².